The van der Waals surface area contributed by atoms with Crippen LogP contribution in [0.4, 0.5) is 11.5 Å². The van der Waals surface area contributed by atoms with Crippen molar-refractivity contribution >= 4 is 29.7 Å². The monoisotopic (exact) mass is 512 g/mol. The maximum Gasteiger partial charge on any atom is 0.244 e. The zero-order chi connectivity index (χ0) is 26.9. The maximum atomic E-state index is 13.1. The van der Waals surface area contributed by atoms with Crippen LogP contribution in [0.3, 0.4) is 0 Å². The van der Waals surface area contributed by atoms with Gasteiger partial charge >= 0.3 is 0 Å². The minimum absolute atomic E-state index is 0.0426. The van der Waals surface area contributed by atoms with Crippen LogP contribution in [0.25, 0.3) is 0 Å². The molecule has 0 saturated carbocycles. The number of pyridine rings is 1. The molecular weight excluding hydrogens is 480 g/mol. The van der Waals surface area contributed by atoms with Crippen LogP contribution >= 0.6 is 0 Å². The number of carbonyl (C=O) groups is 3. The first-order chi connectivity index (χ1) is 18.2. The number of benzene rings is 2. The summed E-state index contributed by atoms with van der Waals surface area (Å²) >= 11 is 0. The minimum Gasteiger partial charge on any atom is -0.373 e. The van der Waals surface area contributed by atoms with Crippen molar-refractivity contribution < 1.29 is 19.1 Å². The molecule has 0 radical (unpaired) electrons. The quantitative estimate of drug-likeness (QED) is 0.444. The van der Waals surface area contributed by atoms with Gasteiger partial charge in [0, 0.05) is 17.4 Å². The number of fused-ring (bicyclic) bond motifs is 3. The summed E-state index contributed by atoms with van der Waals surface area (Å²) in [5.41, 5.74) is 3.47. The molecule has 0 fully saturated rings. The lowest BCUT2D eigenvalue weighted by Gasteiger charge is -2.31. The van der Waals surface area contributed by atoms with E-state index in [2.05, 4.69) is 15.6 Å². The smallest absolute Gasteiger partial charge is 0.244 e. The van der Waals surface area contributed by atoms with Gasteiger partial charge in [-0.25, -0.2) is 4.98 Å². The number of nitrogens with zero attached hydrogens (tertiary/aromatic N) is 2. The number of anilines is 2. The van der Waals surface area contributed by atoms with Gasteiger partial charge in [-0.2, -0.15) is 0 Å². The number of hydrogen-bond donors (Lipinski definition) is 2. The summed E-state index contributed by atoms with van der Waals surface area (Å²) < 4.78 is 5.99. The third kappa shape index (κ3) is 5.04. The number of aromatic nitrogens is 1. The van der Waals surface area contributed by atoms with Crippen molar-refractivity contribution in [3.8, 4) is 0 Å². The van der Waals surface area contributed by atoms with Gasteiger partial charge in [-0.3, -0.25) is 14.4 Å². The van der Waals surface area contributed by atoms with E-state index in [1.165, 1.54) is 4.90 Å². The fraction of sp³-hybridized carbons (Fsp3) is 0.333. The molecule has 38 heavy (non-hydrogen) atoms. The summed E-state index contributed by atoms with van der Waals surface area (Å²) in [6.07, 6.45) is 3.50. The van der Waals surface area contributed by atoms with E-state index < -0.39 is 17.1 Å². The van der Waals surface area contributed by atoms with Gasteiger partial charge in [0.2, 0.25) is 18.2 Å². The highest BCUT2D eigenvalue weighted by molar-refractivity contribution is 6.06. The zero-order valence-corrected chi connectivity index (χ0v) is 21.9. The van der Waals surface area contributed by atoms with E-state index in [9.17, 15) is 14.4 Å². The summed E-state index contributed by atoms with van der Waals surface area (Å²) in [6, 6.07) is 18.7. The number of amides is 3. The minimum atomic E-state index is -0.668. The van der Waals surface area contributed by atoms with E-state index in [0.717, 1.165) is 22.3 Å². The van der Waals surface area contributed by atoms with Crippen molar-refractivity contribution in [3.63, 3.8) is 0 Å². The van der Waals surface area contributed by atoms with E-state index in [4.69, 9.17) is 4.74 Å². The highest BCUT2D eigenvalue weighted by Crippen LogP contribution is 2.46. The molecule has 2 N–H and O–H groups in total. The predicted molar refractivity (Wildman–Crippen MR) is 145 cm³/mol. The van der Waals surface area contributed by atoms with E-state index in [-0.39, 0.29) is 25.0 Å². The molecule has 8 heteroatoms. The molecule has 196 valence electrons. The summed E-state index contributed by atoms with van der Waals surface area (Å²) in [5.74, 6) is 0.268. The van der Waals surface area contributed by atoms with E-state index in [1.54, 1.807) is 6.20 Å². The number of carbonyl (C=O) groups excluding carboxylic acids is 3. The molecule has 3 amide bonds. The van der Waals surface area contributed by atoms with Crippen LogP contribution in [0.2, 0.25) is 0 Å². The van der Waals surface area contributed by atoms with Gasteiger partial charge in [0.25, 0.3) is 0 Å². The molecule has 2 aromatic carbocycles. The predicted octanol–water partition coefficient (Wildman–Crippen LogP) is 4.02. The van der Waals surface area contributed by atoms with Crippen LogP contribution in [-0.4, -0.2) is 46.9 Å². The maximum absolute atomic E-state index is 13.1. The SMILES string of the molecule is CC(C)(C)OCC(c1ccccc1)N(C=O)CC(=O)Nc1ccc2c(c1)CC1(C2)C(=O)Nc2ncccc21. The first-order valence-corrected chi connectivity index (χ1v) is 12.8. The number of hydrogen-bond acceptors (Lipinski definition) is 5. The Labute approximate surface area is 222 Å². The first-order valence-electron chi connectivity index (χ1n) is 12.8. The van der Waals surface area contributed by atoms with Crippen LogP contribution in [0.5, 0.6) is 0 Å². The lowest BCUT2D eigenvalue weighted by Crippen LogP contribution is -2.38. The van der Waals surface area contributed by atoms with Crippen molar-refractivity contribution in [1.82, 2.24) is 9.88 Å². The van der Waals surface area contributed by atoms with Crippen molar-refractivity contribution in [2.75, 3.05) is 23.8 Å². The molecule has 5 rings (SSSR count). The van der Waals surface area contributed by atoms with Gasteiger partial charge < -0.3 is 20.3 Å². The Hall–Kier alpha value is -4.04. The molecule has 2 unspecified atom stereocenters. The molecule has 1 aromatic heterocycles. The normalized spacial score (nSPS) is 18.4. The van der Waals surface area contributed by atoms with Gasteiger partial charge in [-0.05, 0) is 68.5 Å². The van der Waals surface area contributed by atoms with Crippen molar-refractivity contribution in [3.05, 3.63) is 89.1 Å². The largest absolute Gasteiger partial charge is 0.373 e. The van der Waals surface area contributed by atoms with Gasteiger partial charge in [0.05, 0.1) is 23.7 Å². The average Bonchev–Trinajstić information content (AvgIpc) is 3.40. The second kappa shape index (κ2) is 10.0. The third-order valence-corrected chi connectivity index (χ3v) is 7.18. The van der Waals surface area contributed by atoms with Crippen LogP contribution in [0.15, 0.2) is 66.9 Å². The van der Waals surface area contributed by atoms with Crippen LogP contribution in [0.1, 0.15) is 49.1 Å². The Morgan fingerprint density at radius 1 is 1.13 bits per heavy atom. The summed E-state index contributed by atoms with van der Waals surface area (Å²) in [6.45, 7) is 6.00. The molecule has 0 bridgehead atoms. The number of nitrogens with one attached hydrogen (secondary N) is 2. The second-order valence-electron chi connectivity index (χ2n) is 10.9. The molecule has 0 saturated heterocycles. The van der Waals surface area contributed by atoms with Crippen molar-refractivity contribution in [1.29, 1.82) is 0 Å². The van der Waals surface area contributed by atoms with Crippen molar-refractivity contribution in [2.45, 2.75) is 50.7 Å². The van der Waals surface area contributed by atoms with Crippen molar-refractivity contribution in [2.24, 2.45) is 0 Å². The number of rotatable bonds is 8. The van der Waals surface area contributed by atoms with Gasteiger partial charge in [-0.15, -0.1) is 0 Å². The molecule has 2 aliphatic rings. The summed E-state index contributed by atoms with van der Waals surface area (Å²) in [7, 11) is 0. The lowest BCUT2D eigenvalue weighted by molar-refractivity contribution is -0.129. The van der Waals surface area contributed by atoms with Crippen LogP contribution < -0.4 is 10.6 Å². The van der Waals surface area contributed by atoms with E-state index in [0.29, 0.717) is 30.8 Å². The third-order valence-electron chi connectivity index (χ3n) is 7.18. The Bertz CT molecular complexity index is 1370. The molecule has 1 aliphatic carbocycles. The topological polar surface area (TPSA) is 101 Å². The highest BCUT2D eigenvalue weighted by Gasteiger charge is 2.51. The average molecular weight is 513 g/mol. The number of ether oxygens (including phenoxy) is 1. The molecule has 2 atom stereocenters. The summed E-state index contributed by atoms with van der Waals surface area (Å²) in [5, 5.41) is 5.85. The molecule has 1 spiro atoms. The standard InChI is InChI=1S/C30H32N4O4/c1-29(2,3)38-18-25(20-8-5-4-6-9-20)34(19-35)17-26(36)32-23-12-11-21-15-30(16-22(21)14-23)24-10-7-13-31-27(24)33-28(30)37/h4-14,19,25H,15-18H2,1-3H3,(H,32,36)(H,31,33,37). The summed E-state index contributed by atoms with van der Waals surface area (Å²) in [4.78, 5) is 43.9. The Morgan fingerprint density at radius 3 is 2.63 bits per heavy atom. The Morgan fingerprint density at radius 2 is 1.89 bits per heavy atom. The Kier molecular flexibility index (Phi) is 6.75. The van der Waals surface area contributed by atoms with E-state index >= 15 is 0 Å². The molecule has 2 heterocycles. The second-order valence-corrected chi connectivity index (χ2v) is 10.9. The van der Waals surface area contributed by atoms with Gasteiger partial charge in [-0.1, -0.05) is 42.5 Å². The molecule has 8 nitrogen and oxygen atoms in total. The van der Waals surface area contributed by atoms with Crippen LogP contribution in [0, 0.1) is 0 Å². The van der Waals surface area contributed by atoms with Gasteiger partial charge in [0.1, 0.15) is 12.4 Å². The molecular formula is C30H32N4O4. The highest BCUT2D eigenvalue weighted by atomic mass is 16.5. The van der Waals surface area contributed by atoms with E-state index in [1.807, 2.05) is 81.4 Å². The molecule has 1 aliphatic heterocycles. The van der Waals surface area contributed by atoms with Gasteiger partial charge in [0.15, 0.2) is 0 Å². The fourth-order valence-corrected chi connectivity index (χ4v) is 5.32. The Balaban J connectivity index is 1.30. The zero-order valence-electron chi connectivity index (χ0n) is 21.9. The van der Waals surface area contributed by atoms with Crippen LogP contribution in [-0.2, 0) is 37.4 Å². The lowest BCUT2D eigenvalue weighted by atomic mass is 9.79. The fourth-order valence-electron chi connectivity index (χ4n) is 5.32. The molecule has 3 aromatic rings. The first kappa shape index (κ1) is 25.6.